The molecule has 0 aliphatic carbocycles. The zero-order chi connectivity index (χ0) is 12.3. The summed E-state index contributed by atoms with van der Waals surface area (Å²) in [5.41, 5.74) is 0. The Morgan fingerprint density at radius 2 is 2.25 bits per heavy atom. The summed E-state index contributed by atoms with van der Waals surface area (Å²) in [7, 11) is -3.31. The monoisotopic (exact) mass is 247 g/mol. The van der Waals surface area contributed by atoms with Crippen molar-refractivity contribution < 1.29 is 18.3 Å². The van der Waals surface area contributed by atoms with E-state index < -0.39 is 21.9 Å². The van der Waals surface area contributed by atoms with Gasteiger partial charge in [0.25, 0.3) is 0 Å². The van der Waals surface area contributed by atoms with Crippen LogP contribution in [0.2, 0.25) is 0 Å². The van der Waals surface area contributed by atoms with Crippen LogP contribution in [0.3, 0.4) is 0 Å². The molecule has 1 saturated heterocycles. The molecule has 1 aliphatic rings. The maximum Gasteiger partial charge on any atom is 0.306 e. The van der Waals surface area contributed by atoms with Crippen LogP contribution >= 0.6 is 0 Å². The fourth-order valence-electron chi connectivity index (χ4n) is 2.03. The van der Waals surface area contributed by atoms with Gasteiger partial charge in [0.1, 0.15) is 0 Å². The third kappa shape index (κ3) is 2.82. The maximum atomic E-state index is 11.8. The summed E-state index contributed by atoms with van der Waals surface area (Å²) in [4.78, 5) is 10.8. The molecule has 2 unspecified atom stereocenters. The van der Waals surface area contributed by atoms with E-state index in [9.17, 15) is 13.2 Å². The molecule has 1 heterocycles. The molecule has 0 amide bonds. The lowest BCUT2D eigenvalue weighted by atomic mass is 9.93. The average molecular weight is 247 g/mol. The molecule has 1 aliphatic heterocycles. The molecule has 0 aromatic rings. The molecular formula is C10H17NO4S. The van der Waals surface area contributed by atoms with Gasteiger partial charge < -0.3 is 5.11 Å². The Balaban J connectivity index is 2.74. The van der Waals surface area contributed by atoms with Crippen LogP contribution in [0.5, 0.6) is 0 Å². The van der Waals surface area contributed by atoms with E-state index in [0.29, 0.717) is 12.8 Å². The van der Waals surface area contributed by atoms with E-state index in [1.807, 2.05) is 0 Å². The van der Waals surface area contributed by atoms with Crippen molar-refractivity contribution in [2.45, 2.75) is 25.8 Å². The van der Waals surface area contributed by atoms with Crippen LogP contribution in [-0.2, 0) is 14.8 Å². The number of sulfonamides is 1. The standard InChI is InChI=1S/C10H17NO4S/c1-3-6-16(14,15)11-5-4-9(10(12)13)7-8(11)2/h3,8-9H,1,4-7H2,2H3,(H,12,13). The fourth-order valence-corrected chi connectivity index (χ4v) is 3.54. The highest BCUT2D eigenvalue weighted by Gasteiger charge is 2.35. The quantitative estimate of drug-likeness (QED) is 0.742. The molecule has 2 atom stereocenters. The van der Waals surface area contributed by atoms with Crippen LogP contribution in [0.25, 0.3) is 0 Å². The Hall–Kier alpha value is -0.880. The smallest absolute Gasteiger partial charge is 0.306 e. The highest BCUT2D eigenvalue weighted by atomic mass is 32.2. The highest BCUT2D eigenvalue weighted by Crippen LogP contribution is 2.25. The largest absolute Gasteiger partial charge is 0.481 e. The topological polar surface area (TPSA) is 74.7 Å². The van der Waals surface area contributed by atoms with Gasteiger partial charge in [-0.15, -0.1) is 6.58 Å². The van der Waals surface area contributed by atoms with Crippen molar-refractivity contribution in [3.8, 4) is 0 Å². The van der Waals surface area contributed by atoms with Crippen molar-refractivity contribution in [2.75, 3.05) is 12.3 Å². The second-order valence-electron chi connectivity index (χ2n) is 4.09. The molecule has 16 heavy (non-hydrogen) atoms. The van der Waals surface area contributed by atoms with Gasteiger partial charge in [-0.05, 0) is 19.8 Å². The van der Waals surface area contributed by atoms with E-state index >= 15 is 0 Å². The summed E-state index contributed by atoms with van der Waals surface area (Å²) < 4.78 is 24.9. The zero-order valence-electron chi connectivity index (χ0n) is 9.30. The Bertz CT molecular complexity index is 376. The number of carbonyl (C=O) groups is 1. The second kappa shape index (κ2) is 4.97. The van der Waals surface area contributed by atoms with Gasteiger partial charge in [-0.1, -0.05) is 6.08 Å². The lowest BCUT2D eigenvalue weighted by Gasteiger charge is -2.34. The SMILES string of the molecule is C=CCS(=O)(=O)N1CCC(C(=O)O)CC1C. The van der Waals surface area contributed by atoms with Crippen LogP contribution in [0.15, 0.2) is 12.7 Å². The minimum Gasteiger partial charge on any atom is -0.481 e. The molecule has 0 aromatic heterocycles. The summed E-state index contributed by atoms with van der Waals surface area (Å²) in [6.07, 6.45) is 2.12. The van der Waals surface area contributed by atoms with Crippen molar-refractivity contribution >= 4 is 16.0 Å². The first-order valence-corrected chi connectivity index (χ1v) is 6.82. The predicted octanol–water partition coefficient (Wildman–Crippen LogP) is 0.687. The normalized spacial score (nSPS) is 27.6. The molecule has 92 valence electrons. The zero-order valence-corrected chi connectivity index (χ0v) is 10.1. The average Bonchev–Trinajstić information content (AvgIpc) is 2.16. The first-order chi connectivity index (χ1) is 7.38. The molecule has 1 rings (SSSR count). The van der Waals surface area contributed by atoms with Gasteiger partial charge >= 0.3 is 5.97 Å². The van der Waals surface area contributed by atoms with Gasteiger partial charge in [0.2, 0.25) is 10.0 Å². The molecule has 5 nitrogen and oxygen atoms in total. The molecule has 0 radical (unpaired) electrons. The summed E-state index contributed by atoms with van der Waals surface area (Å²) in [5.74, 6) is -1.35. The van der Waals surface area contributed by atoms with Crippen LogP contribution in [0.1, 0.15) is 19.8 Å². The molecule has 0 bridgehead atoms. The highest BCUT2D eigenvalue weighted by molar-refractivity contribution is 7.89. The van der Waals surface area contributed by atoms with Gasteiger partial charge in [0.05, 0.1) is 11.7 Å². The Kier molecular flexibility index (Phi) is 4.09. The minimum absolute atomic E-state index is 0.0882. The number of rotatable bonds is 4. The summed E-state index contributed by atoms with van der Waals surface area (Å²) in [5, 5.41) is 8.86. The third-order valence-corrected chi connectivity index (χ3v) is 4.76. The molecule has 1 fully saturated rings. The van der Waals surface area contributed by atoms with Gasteiger partial charge in [0, 0.05) is 12.6 Å². The van der Waals surface area contributed by atoms with Gasteiger partial charge in [-0.3, -0.25) is 4.79 Å². The van der Waals surface area contributed by atoms with E-state index in [1.54, 1.807) is 6.92 Å². The summed E-state index contributed by atoms with van der Waals surface area (Å²) in [6.45, 7) is 5.44. The molecule has 0 aromatic carbocycles. The second-order valence-corrected chi connectivity index (χ2v) is 6.05. The molecular weight excluding hydrogens is 230 g/mol. The van der Waals surface area contributed by atoms with E-state index in [4.69, 9.17) is 5.11 Å². The van der Waals surface area contributed by atoms with Crippen LogP contribution < -0.4 is 0 Å². The first kappa shape index (κ1) is 13.2. The van der Waals surface area contributed by atoms with E-state index in [0.717, 1.165) is 0 Å². The van der Waals surface area contributed by atoms with Crippen molar-refractivity contribution in [2.24, 2.45) is 5.92 Å². The van der Waals surface area contributed by atoms with E-state index in [2.05, 4.69) is 6.58 Å². The van der Waals surface area contributed by atoms with Crippen molar-refractivity contribution in [1.29, 1.82) is 0 Å². The molecule has 1 N–H and O–H groups in total. The maximum absolute atomic E-state index is 11.8. The van der Waals surface area contributed by atoms with E-state index in [-0.39, 0.29) is 18.3 Å². The van der Waals surface area contributed by atoms with Gasteiger partial charge in [-0.2, -0.15) is 4.31 Å². The van der Waals surface area contributed by atoms with Crippen molar-refractivity contribution in [3.63, 3.8) is 0 Å². The van der Waals surface area contributed by atoms with E-state index in [1.165, 1.54) is 10.4 Å². The van der Waals surface area contributed by atoms with Gasteiger partial charge in [0.15, 0.2) is 0 Å². The fraction of sp³-hybridized carbons (Fsp3) is 0.700. The summed E-state index contributed by atoms with van der Waals surface area (Å²) >= 11 is 0. The number of aliphatic carboxylic acids is 1. The summed E-state index contributed by atoms with van der Waals surface area (Å²) in [6, 6.07) is -0.250. The third-order valence-electron chi connectivity index (χ3n) is 2.85. The molecule has 6 heteroatoms. The Morgan fingerprint density at radius 3 is 2.69 bits per heavy atom. The Morgan fingerprint density at radius 1 is 1.62 bits per heavy atom. The van der Waals surface area contributed by atoms with Crippen LogP contribution in [0.4, 0.5) is 0 Å². The predicted molar refractivity (Wildman–Crippen MR) is 60.5 cm³/mol. The number of hydrogen-bond acceptors (Lipinski definition) is 3. The lowest BCUT2D eigenvalue weighted by Crippen LogP contribution is -2.46. The Labute approximate surface area is 95.8 Å². The van der Waals surface area contributed by atoms with Crippen LogP contribution in [-0.4, -0.2) is 42.1 Å². The van der Waals surface area contributed by atoms with Gasteiger partial charge in [-0.25, -0.2) is 8.42 Å². The lowest BCUT2D eigenvalue weighted by molar-refractivity contribution is -0.143. The minimum atomic E-state index is -3.31. The van der Waals surface area contributed by atoms with Crippen LogP contribution in [0, 0.1) is 5.92 Å². The molecule has 0 spiro atoms. The number of hydrogen-bond donors (Lipinski definition) is 1. The number of carboxylic acids is 1. The number of piperidine rings is 1. The number of nitrogens with zero attached hydrogens (tertiary/aromatic N) is 1. The molecule has 0 saturated carbocycles. The first-order valence-electron chi connectivity index (χ1n) is 5.21. The van der Waals surface area contributed by atoms with Crippen molar-refractivity contribution in [3.05, 3.63) is 12.7 Å². The number of carboxylic acid groups (broad SMARTS) is 1. The van der Waals surface area contributed by atoms with Crippen molar-refractivity contribution in [1.82, 2.24) is 4.31 Å².